The first-order valence-corrected chi connectivity index (χ1v) is 9.80. The Morgan fingerprint density at radius 1 is 1.12 bits per heavy atom. The third kappa shape index (κ3) is 5.16. The molecule has 0 saturated carbocycles. The number of hydrogen-bond donors (Lipinski definition) is 2. The van der Waals surface area contributed by atoms with Crippen molar-refractivity contribution in [1.82, 2.24) is 4.98 Å². The van der Waals surface area contributed by atoms with Gasteiger partial charge in [0.05, 0.1) is 18.7 Å². The number of hydrogen-bond acceptors (Lipinski definition) is 4. The second-order valence-corrected chi connectivity index (χ2v) is 6.81. The maximum atomic E-state index is 12.6. The van der Waals surface area contributed by atoms with Gasteiger partial charge in [0.15, 0.2) is 5.75 Å². The number of pyridine rings is 1. The molecule has 0 aliphatic heterocycles. The van der Waals surface area contributed by atoms with Gasteiger partial charge in [0.2, 0.25) is 5.75 Å². The van der Waals surface area contributed by atoms with Gasteiger partial charge < -0.3 is 19.8 Å². The lowest BCUT2D eigenvalue weighted by molar-refractivity contribution is 0.228. The lowest BCUT2D eigenvalue weighted by atomic mass is 10.1. The standard InChI is InChI=1S/C21H32N2O3/c1-5-8-12-25-19-17-11-10-16(22-7-3)13-18(17)23-21(24)20(19)26-14-15(4)9-6-2/h10-11,13,15,22H,5-9,12,14H2,1-4H3,(H,23,24). The molecule has 0 spiro atoms. The van der Waals surface area contributed by atoms with Crippen LogP contribution >= 0.6 is 0 Å². The van der Waals surface area contributed by atoms with Gasteiger partial charge in [-0.25, -0.2) is 0 Å². The summed E-state index contributed by atoms with van der Waals surface area (Å²) >= 11 is 0. The highest BCUT2D eigenvalue weighted by molar-refractivity contribution is 5.89. The zero-order valence-corrected chi connectivity index (χ0v) is 16.5. The maximum absolute atomic E-state index is 12.6. The number of H-pyrrole nitrogens is 1. The van der Waals surface area contributed by atoms with Crippen LogP contribution in [0.25, 0.3) is 10.9 Å². The summed E-state index contributed by atoms with van der Waals surface area (Å²) in [7, 11) is 0. The highest BCUT2D eigenvalue weighted by Gasteiger charge is 2.17. The molecule has 2 rings (SSSR count). The average Bonchev–Trinajstić information content (AvgIpc) is 2.61. The quantitative estimate of drug-likeness (QED) is 0.556. The zero-order chi connectivity index (χ0) is 18.9. The number of ether oxygens (including phenoxy) is 2. The molecule has 1 heterocycles. The summed E-state index contributed by atoms with van der Waals surface area (Å²) in [5, 5.41) is 4.14. The van der Waals surface area contributed by atoms with Crippen LogP contribution in [0.2, 0.25) is 0 Å². The summed E-state index contributed by atoms with van der Waals surface area (Å²) < 4.78 is 11.9. The molecule has 2 N–H and O–H groups in total. The Balaban J connectivity index is 2.40. The lowest BCUT2D eigenvalue weighted by Gasteiger charge is -2.17. The summed E-state index contributed by atoms with van der Waals surface area (Å²) in [5.74, 6) is 1.26. The second kappa shape index (κ2) is 10.1. The fraction of sp³-hybridized carbons (Fsp3) is 0.571. The summed E-state index contributed by atoms with van der Waals surface area (Å²) in [4.78, 5) is 15.6. The van der Waals surface area contributed by atoms with Crippen molar-refractivity contribution in [2.45, 2.75) is 53.4 Å². The van der Waals surface area contributed by atoms with Crippen molar-refractivity contribution >= 4 is 16.6 Å². The van der Waals surface area contributed by atoms with Crippen molar-refractivity contribution in [3.63, 3.8) is 0 Å². The predicted molar refractivity (Wildman–Crippen MR) is 109 cm³/mol. The number of anilines is 1. The van der Waals surface area contributed by atoms with Crippen molar-refractivity contribution in [2.24, 2.45) is 5.92 Å². The van der Waals surface area contributed by atoms with Gasteiger partial charge in [0.1, 0.15) is 0 Å². The van der Waals surface area contributed by atoms with Crippen LogP contribution in [0.3, 0.4) is 0 Å². The van der Waals surface area contributed by atoms with E-state index in [4.69, 9.17) is 9.47 Å². The number of aromatic amines is 1. The van der Waals surface area contributed by atoms with E-state index in [1.54, 1.807) is 0 Å². The average molecular weight is 360 g/mol. The van der Waals surface area contributed by atoms with Crippen molar-refractivity contribution in [3.8, 4) is 11.5 Å². The van der Waals surface area contributed by atoms with Gasteiger partial charge in [0.25, 0.3) is 5.56 Å². The van der Waals surface area contributed by atoms with E-state index in [1.807, 2.05) is 25.1 Å². The van der Waals surface area contributed by atoms with Gasteiger partial charge in [-0.05, 0) is 43.9 Å². The van der Waals surface area contributed by atoms with Crippen molar-refractivity contribution in [3.05, 3.63) is 28.6 Å². The third-order valence-corrected chi connectivity index (χ3v) is 4.34. The molecule has 0 amide bonds. The van der Waals surface area contributed by atoms with E-state index in [0.29, 0.717) is 30.6 Å². The first kappa shape index (κ1) is 20.1. The van der Waals surface area contributed by atoms with Crippen LogP contribution in [-0.2, 0) is 0 Å². The number of nitrogens with one attached hydrogen (secondary N) is 2. The highest BCUT2D eigenvalue weighted by Crippen LogP contribution is 2.33. The number of aromatic nitrogens is 1. The molecule has 5 nitrogen and oxygen atoms in total. The number of fused-ring (bicyclic) bond motifs is 1. The molecule has 2 aromatic rings. The molecule has 1 aromatic heterocycles. The molecule has 0 radical (unpaired) electrons. The number of rotatable bonds is 11. The molecule has 1 aromatic carbocycles. The van der Waals surface area contributed by atoms with Crippen LogP contribution in [0, 0.1) is 5.92 Å². The molecule has 1 atom stereocenters. The van der Waals surface area contributed by atoms with Crippen LogP contribution in [-0.4, -0.2) is 24.7 Å². The largest absolute Gasteiger partial charge is 0.489 e. The molecule has 0 aliphatic carbocycles. The maximum Gasteiger partial charge on any atom is 0.294 e. The molecule has 144 valence electrons. The van der Waals surface area contributed by atoms with Crippen LogP contribution in [0.4, 0.5) is 5.69 Å². The van der Waals surface area contributed by atoms with Gasteiger partial charge in [-0.3, -0.25) is 4.79 Å². The van der Waals surface area contributed by atoms with Crippen LogP contribution in [0.1, 0.15) is 53.4 Å². The number of unbranched alkanes of at least 4 members (excludes halogenated alkanes) is 1. The van der Waals surface area contributed by atoms with Gasteiger partial charge in [-0.2, -0.15) is 0 Å². The topological polar surface area (TPSA) is 63.4 Å². The van der Waals surface area contributed by atoms with E-state index in [1.165, 1.54) is 0 Å². The third-order valence-electron chi connectivity index (χ3n) is 4.34. The van der Waals surface area contributed by atoms with E-state index < -0.39 is 0 Å². The molecular formula is C21H32N2O3. The van der Waals surface area contributed by atoms with E-state index in [9.17, 15) is 4.79 Å². The molecule has 1 unspecified atom stereocenters. The molecule has 0 fully saturated rings. The molecule has 0 bridgehead atoms. The van der Waals surface area contributed by atoms with Crippen molar-refractivity contribution in [1.29, 1.82) is 0 Å². The minimum atomic E-state index is -0.235. The minimum Gasteiger partial charge on any atom is -0.489 e. The van der Waals surface area contributed by atoms with Gasteiger partial charge in [0, 0.05) is 17.6 Å². The van der Waals surface area contributed by atoms with Gasteiger partial charge in [-0.1, -0.05) is 33.6 Å². The molecule has 0 saturated heterocycles. The van der Waals surface area contributed by atoms with E-state index in [0.717, 1.165) is 48.8 Å². The van der Waals surface area contributed by atoms with Crippen LogP contribution in [0.5, 0.6) is 11.5 Å². The molecule has 0 aliphatic rings. The predicted octanol–water partition coefficient (Wildman–Crippen LogP) is 4.95. The fourth-order valence-corrected chi connectivity index (χ4v) is 2.96. The second-order valence-electron chi connectivity index (χ2n) is 6.81. The smallest absolute Gasteiger partial charge is 0.294 e. The lowest BCUT2D eigenvalue weighted by Crippen LogP contribution is -2.17. The Labute approximate surface area is 156 Å². The number of benzene rings is 1. The van der Waals surface area contributed by atoms with Crippen LogP contribution < -0.4 is 20.3 Å². The Morgan fingerprint density at radius 2 is 1.92 bits per heavy atom. The zero-order valence-electron chi connectivity index (χ0n) is 16.5. The van der Waals surface area contributed by atoms with Gasteiger partial charge in [-0.15, -0.1) is 0 Å². The molecule has 26 heavy (non-hydrogen) atoms. The molecule has 5 heteroatoms. The molecular weight excluding hydrogens is 328 g/mol. The van der Waals surface area contributed by atoms with Crippen molar-refractivity contribution in [2.75, 3.05) is 25.1 Å². The van der Waals surface area contributed by atoms with Gasteiger partial charge >= 0.3 is 0 Å². The first-order valence-electron chi connectivity index (χ1n) is 9.80. The summed E-state index contributed by atoms with van der Waals surface area (Å²) in [6.45, 7) is 10.4. The Hall–Kier alpha value is -2.17. The van der Waals surface area contributed by atoms with Crippen molar-refractivity contribution < 1.29 is 9.47 Å². The SMILES string of the molecule is CCCCOc1c(OCC(C)CCC)c(=O)[nH]c2cc(NCC)ccc12. The minimum absolute atomic E-state index is 0.235. The summed E-state index contributed by atoms with van der Waals surface area (Å²) in [6.07, 6.45) is 4.15. The Kier molecular flexibility index (Phi) is 7.82. The Bertz CT molecular complexity index is 755. The van der Waals surface area contributed by atoms with E-state index >= 15 is 0 Å². The normalized spacial score (nSPS) is 12.2. The van der Waals surface area contributed by atoms with Crippen LogP contribution in [0.15, 0.2) is 23.0 Å². The highest BCUT2D eigenvalue weighted by atomic mass is 16.5. The fourth-order valence-electron chi connectivity index (χ4n) is 2.96. The Morgan fingerprint density at radius 3 is 2.62 bits per heavy atom. The summed E-state index contributed by atoms with van der Waals surface area (Å²) in [6, 6.07) is 5.92. The first-order chi connectivity index (χ1) is 12.6. The monoisotopic (exact) mass is 360 g/mol. The van der Waals surface area contributed by atoms with E-state index in [2.05, 4.69) is 31.1 Å². The summed E-state index contributed by atoms with van der Waals surface area (Å²) in [5.41, 5.74) is 1.50. The van der Waals surface area contributed by atoms with E-state index in [-0.39, 0.29) is 5.56 Å².